The van der Waals surface area contributed by atoms with E-state index in [0.717, 1.165) is 30.9 Å². The summed E-state index contributed by atoms with van der Waals surface area (Å²) in [6.45, 7) is 6.75. The zero-order chi connectivity index (χ0) is 18.7. The van der Waals surface area contributed by atoms with Crippen molar-refractivity contribution in [3.05, 3.63) is 47.3 Å². The van der Waals surface area contributed by atoms with Crippen molar-refractivity contribution in [3.63, 3.8) is 0 Å². The summed E-state index contributed by atoms with van der Waals surface area (Å²) in [5.41, 5.74) is 1.42. The lowest BCUT2D eigenvalue weighted by Gasteiger charge is -2.30. The first-order chi connectivity index (χ1) is 12.4. The van der Waals surface area contributed by atoms with Gasteiger partial charge in [0.05, 0.1) is 18.3 Å². The predicted molar refractivity (Wildman–Crippen MR) is 103 cm³/mol. The molecule has 1 aromatic heterocycles. The fourth-order valence-electron chi connectivity index (χ4n) is 3.72. The van der Waals surface area contributed by atoms with Gasteiger partial charge in [0.25, 0.3) is 0 Å². The highest BCUT2D eigenvalue weighted by atomic mass is 16.5. The van der Waals surface area contributed by atoms with Gasteiger partial charge in [-0.1, -0.05) is 30.3 Å². The minimum Gasteiger partial charge on any atom is -0.481 e. The van der Waals surface area contributed by atoms with Crippen LogP contribution in [0.25, 0.3) is 0 Å². The third kappa shape index (κ3) is 4.14. The largest absolute Gasteiger partial charge is 0.481 e. The molecule has 0 aliphatic carbocycles. The molecule has 6 nitrogen and oxygen atoms in total. The van der Waals surface area contributed by atoms with Gasteiger partial charge in [0.1, 0.15) is 11.6 Å². The maximum absolute atomic E-state index is 11.1. The van der Waals surface area contributed by atoms with Crippen molar-refractivity contribution in [2.24, 2.45) is 0 Å². The van der Waals surface area contributed by atoms with Crippen LogP contribution in [0.15, 0.2) is 30.3 Å². The van der Waals surface area contributed by atoms with Crippen LogP contribution in [-0.2, 0) is 6.54 Å². The highest BCUT2D eigenvalue weighted by Gasteiger charge is 2.37. The zero-order valence-corrected chi connectivity index (χ0v) is 16.1. The van der Waals surface area contributed by atoms with Gasteiger partial charge < -0.3 is 14.7 Å². The lowest BCUT2D eigenvalue weighted by molar-refractivity contribution is 0.0560. The normalized spacial score (nSPS) is 20.3. The predicted octanol–water partition coefficient (Wildman–Crippen LogP) is 2.18. The molecule has 6 heteroatoms. The smallest absolute Gasteiger partial charge is 0.221 e. The van der Waals surface area contributed by atoms with Gasteiger partial charge in [-0.15, -0.1) is 0 Å². The first kappa shape index (κ1) is 18.6. The molecule has 1 aliphatic rings. The van der Waals surface area contributed by atoms with Gasteiger partial charge in [0.2, 0.25) is 5.88 Å². The van der Waals surface area contributed by atoms with Gasteiger partial charge >= 0.3 is 0 Å². The second-order valence-corrected chi connectivity index (χ2v) is 7.26. The molecule has 26 heavy (non-hydrogen) atoms. The summed E-state index contributed by atoms with van der Waals surface area (Å²) in [5.74, 6) is 2.06. The quantitative estimate of drug-likeness (QED) is 0.856. The van der Waals surface area contributed by atoms with Crippen molar-refractivity contribution in [3.8, 4) is 5.88 Å². The highest BCUT2D eigenvalue weighted by Crippen LogP contribution is 2.28. The molecule has 1 fully saturated rings. The van der Waals surface area contributed by atoms with Crippen LogP contribution in [0.4, 0.5) is 5.82 Å². The average Bonchev–Trinajstić information content (AvgIpc) is 2.97. The van der Waals surface area contributed by atoms with E-state index in [1.807, 2.05) is 31.9 Å². The average molecular weight is 356 g/mol. The van der Waals surface area contributed by atoms with Crippen LogP contribution in [0.2, 0.25) is 0 Å². The lowest BCUT2D eigenvalue weighted by Crippen LogP contribution is -2.44. The molecule has 0 amide bonds. The number of methoxy groups -OCH3 is 1. The fourth-order valence-corrected chi connectivity index (χ4v) is 3.72. The number of hydrogen-bond acceptors (Lipinski definition) is 6. The van der Waals surface area contributed by atoms with Crippen LogP contribution in [0.1, 0.15) is 23.4 Å². The number of β-amino-alcohol motifs (C(OH)–C–C–N with tert-alkyl or cyclic N) is 1. The Bertz CT molecular complexity index is 753. The van der Waals surface area contributed by atoms with E-state index >= 15 is 0 Å². The van der Waals surface area contributed by atoms with E-state index in [-0.39, 0.29) is 0 Å². The summed E-state index contributed by atoms with van der Waals surface area (Å²) < 4.78 is 5.35. The molecule has 0 spiro atoms. The van der Waals surface area contributed by atoms with E-state index in [9.17, 15) is 5.11 Å². The first-order valence-corrected chi connectivity index (χ1v) is 8.99. The number of anilines is 1. The monoisotopic (exact) mass is 356 g/mol. The molecule has 1 atom stereocenters. The number of benzene rings is 1. The van der Waals surface area contributed by atoms with Crippen molar-refractivity contribution in [2.45, 2.75) is 32.4 Å². The van der Waals surface area contributed by atoms with Crippen LogP contribution in [-0.4, -0.2) is 59.4 Å². The molecule has 0 saturated carbocycles. The number of ether oxygens (including phenoxy) is 1. The van der Waals surface area contributed by atoms with Crippen molar-refractivity contribution in [1.29, 1.82) is 0 Å². The van der Waals surface area contributed by atoms with Crippen molar-refractivity contribution >= 4 is 5.82 Å². The molecule has 0 radical (unpaired) electrons. The Labute approximate surface area is 155 Å². The molecular formula is C20H28N4O2. The van der Waals surface area contributed by atoms with Crippen molar-refractivity contribution in [2.75, 3.05) is 38.7 Å². The standard InChI is InChI=1S/C20H28N4O2/c1-15-18(21-16(2)22-19(15)26-4)23(3)13-20(25)10-11-24(14-20)12-17-8-6-5-7-9-17/h5-9,25H,10-14H2,1-4H3. The first-order valence-electron chi connectivity index (χ1n) is 8.99. The minimum absolute atomic E-state index is 0.527. The third-order valence-electron chi connectivity index (χ3n) is 4.93. The van der Waals surface area contributed by atoms with Gasteiger partial charge in [-0.2, -0.15) is 4.98 Å². The van der Waals surface area contributed by atoms with Gasteiger partial charge in [-0.25, -0.2) is 4.98 Å². The number of aryl methyl sites for hydroxylation is 1. The van der Waals surface area contributed by atoms with E-state index in [2.05, 4.69) is 39.1 Å². The number of likely N-dealkylation sites (N-methyl/N-ethyl adjacent to an activating group) is 1. The molecule has 1 aromatic carbocycles. The maximum atomic E-state index is 11.1. The fraction of sp³-hybridized carbons (Fsp3) is 0.500. The molecular weight excluding hydrogens is 328 g/mol. The van der Waals surface area contributed by atoms with Gasteiger partial charge in [-0.3, -0.25) is 4.90 Å². The molecule has 1 saturated heterocycles. The Kier molecular flexibility index (Phi) is 5.44. The second-order valence-electron chi connectivity index (χ2n) is 7.26. The van der Waals surface area contributed by atoms with Gasteiger partial charge in [-0.05, 0) is 25.8 Å². The van der Waals surface area contributed by atoms with Crippen LogP contribution >= 0.6 is 0 Å². The Morgan fingerprint density at radius 2 is 1.96 bits per heavy atom. The zero-order valence-electron chi connectivity index (χ0n) is 16.1. The number of aliphatic hydroxyl groups is 1. The Morgan fingerprint density at radius 3 is 2.65 bits per heavy atom. The summed E-state index contributed by atoms with van der Waals surface area (Å²) in [4.78, 5) is 13.2. The molecule has 140 valence electrons. The summed E-state index contributed by atoms with van der Waals surface area (Å²) in [6.07, 6.45) is 0.754. The van der Waals surface area contributed by atoms with Gasteiger partial charge in [0.15, 0.2) is 0 Å². The number of rotatable bonds is 6. The molecule has 1 aliphatic heterocycles. The SMILES string of the molecule is COc1nc(C)nc(N(C)CC2(O)CCN(Cc3ccccc3)C2)c1C. The van der Waals surface area contributed by atoms with Crippen LogP contribution in [0, 0.1) is 13.8 Å². The van der Waals surface area contributed by atoms with E-state index in [4.69, 9.17) is 4.74 Å². The number of likely N-dealkylation sites (tertiary alicyclic amines) is 1. The Balaban J connectivity index is 1.68. The molecule has 3 rings (SSSR count). The number of nitrogens with zero attached hydrogens (tertiary/aromatic N) is 4. The van der Waals surface area contributed by atoms with Crippen molar-refractivity contribution < 1.29 is 9.84 Å². The van der Waals surface area contributed by atoms with E-state index < -0.39 is 5.60 Å². The lowest BCUT2D eigenvalue weighted by atomic mass is 10.0. The minimum atomic E-state index is -0.748. The van der Waals surface area contributed by atoms with Crippen molar-refractivity contribution in [1.82, 2.24) is 14.9 Å². The highest BCUT2D eigenvalue weighted by molar-refractivity contribution is 5.50. The summed E-state index contributed by atoms with van der Waals surface area (Å²) in [5, 5.41) is 11.1. The molecule has 1 unspecified atom stereocenters. The van der Waals surface area contributed by atoms with E-state index in [1.165, 1.54) is 5.56 Å². The van der Waals surface area contributed by atoms with Gasteiger partial charge in [0, 0.05) is 33.2 Å². The van der Waals surface area contributed by atoms with Crippen LogP contribution in [0.5, 0.6) is 5.88 Å². The summed E-state index contributed by atoms with van der Waals surface area (Å²) >= 11 is 0. The molecule has 2 heterocycles. The number of aromatic nitrogens is 2. The van der Waals surface area contributed by atoms with E-state index in [1.54, 1.807) is 7.11 Å². The van der Waals surface area contributed by atoms with Crippen LogP contribution < -0.4 is 9.64 Å². The topological polar surface area (TPSA) is 61.7 Å². The second kappa shape index (κ2) is 7.60. The van der Waals surface area contributed by atoms with Crippen LogP contribution in [0.3, 0.4) is 0 Å². The van der Waals surface area contributed by atoms with E-state index in [0.29, 0.717) is 24.8 Å². The molecule has 2 aromatic rings. The molecule has 0 bridgehead atoms. The maximum Gasteiger partial charge on any atom is 0.221 e. The Morgan fingerprint density at radius 1 is 1.23 bits per heavy atom. The Hall–Kier alpha value is -2.18. The summed E-state index contributed by atoms with van der Waals surface area (Å²) in [7, 11) is 3.58. The number of hydrogen-bond donors (Lipinski definition) is 1. The molecule has 1 N–H and O–H groups in total. The third-order valence-corrected chi connectivity index (χ3v) is 4.93. The summed E-state index contributed by atoms with van der Waals surface area (Å²) in [6, 6.07) is 10.4.